The second kappa shape index (κ2) is 9.20. The molecule has 2 aromatic carbocycles. The van der Waals surface area contributed by atoms with Gasteiger partial charge in [-0.3, -0.25) is 14.4 Å². The van der Waals surface area contributed by atoms with E-state index in [1.807, 2.05) is 6.92 Å². The molecule has 172 valence electrons. The normalized spacial score (nSPS) is 14.3. The van der Waals surface area contributed by atoms with Crippen molar-refractivity contribution in [2.24, 2.45) is 0 Å². The van der Waals surface area contributed by atoms with Gasteiger partial charge in [-0.15, -0.1) is 21.1 Å². The summed E-state index contributed by atoms with van der Waals surface area (Å²) >= 11 is 1.41. The maximum Gasteiger partial charge on any atom is 0.525 e. The Labute approximate surface area is 186 Å². The zero-order valence-electron chi connectivity index (χ0n) is 16.8. The predicted octanol–water partition coefficient (Wildman–Crippen LogP) is 4.46. The average molecular weight is 489 g/mol. The molecule has 1 heterocycles. The first-order chi connectivity index (χ1) is 15.0. The third-order valence-electron chi connectivity index (χ3n) is 4.67. The number of benzene rings is 2. The lowest BCUT2D eigenvalue weighted by Gasteiger charge is -2.26. The molecular formula is C20H18F3NO6S2. The van der Waals surface area contributed by atoms with Gasteiger partial charge in [0.05, 0.1) is 11.1 Å². The number of nitrogens with zero attached hydrogens (tertiary/aromatic N) is 1. The molecule has 0 unspecified atom stereocenters. The van der Waals surface area contributed by atoms with Crippen LogP contribution < -0.4 is 0 Å². The average Bonchev–Trinajstić information content (AvgIpc) is 2.72. The van der Waals surface area contributed by atoms with E-state index < -0.39 is 27.4 Å². The first-order valence-electron chi connectivity index (χ1n) is 9.57. The molecule has 2 amide bonds. The van der Waals surface area contributed by atoms with Crippen molar-refractivity contribution in [1.29, 1.82) is 0 Å². The Kier molecular flexibility index (Phi) is 6.96. The fraction of sp³-hybridized carbons (Fsp3) is 0.350. The van der Waals surface area contributed by atoms with Crippen LogP contribution in [-0.2, 0) is 19.2 Å². The van der Waals surface area contributed by atoms with E-state index in [1.165, 1.54) is 30.0 Å². The van der Waals surface area contributed by atoms with Crippen LogP contribution in [-0.4, -0.2) is 42.3 Å². The molecule has 0 fully saturated rings. The molecule has 0 N–H and O–H groups in total. The van der Waals surface area contributed by atoms with Gasteiger partial charge in [-0.25, -0.2) is 0 Å². The van der Waals surface area contributed by atoms with Crippen LogP contribution in [0.1, 0.15) is 53.3 Å². The minimum atomic E-state index is -6.22. The molecule has 0 aliphatic carbocycles. The minimum absolute atomic E-state index is 0.157. The van der Waals surface area contributed by atoms with Crippen LogP contribution in [0.25, 0.3) is 10.8 Å². The number of thioether (sulfide) groups is 1. The number of imide groups is 1. The largest absolute Gasteiger partial charge is 0.525 e. The number of hydrogen-bond acceptors (Lipinski definition) is 7. The topological polar surface area (TPSA) is 97.8 Å². The van der Waals surface area contributed by atoms with Crippen LogP contribution in [0.3, 0.4) is 0 Å². The predicted molar refractivity (Wildman–Crippen MR) is 110 cm³/mol. The molecule has 0 saturated carbocycles. The van der Waals surface area contributed by atoms with Crippen LogP contribution in [0, 0.1) is 0 Å². The Morgan fingerprint density at radius 3 is 2.34 bits per heavy atom. The number of amides is 2. The van der Waals surface area contributed by atoms with Crippen LogP contribution >= 0.6 is 11.8 Å². The maximum atomic E-state index is 12.7. The summed E-state index contributed by atoms with van der Waals surface area (Å²) in [5.41, 5.74) is -6.12. The number of Topliss-reactive ketones (excluding diaryl/α,β-unsaturated/α-hetero) is 1. The Balaban J connectivity index is 1.89. The van der Waals surface area contributed by atoms with E-state index in [0.29, 0.717) is 35.3 Å². The Morgan fingerprint density at radius 2 is 1.72 bits per heavy atom. The second-order valence-corrected chi connectivity index (χ2v) is 9.62. The number of rotatable bonds is 9. The lowest BCUT2D eigenvalue weighted by molar-refractivity contribution is -0.119. The minimum Gasteiger partial charge on any atom is -0.300 e. The van der Waals surface area contributed by atoms with Crippen LogP contribution in [0.4, 0.5) is 13.2 Å². The fourth-order valence-corrected chi connectivity index (χ4v) is 4.65. The van der Waals surface area contributed by atoms with Crippen molar-refractivity contribution in [3.63, 3.8) is 0 Å². The van der Waals surface area contributed by atoms with Crippen molar-refractivity contribution in [2.75, 3.05) is 5.75 Å². The van der Waals surface area contributed by atoms with E-state index >= 15 is 0 Å². The number of hydroxylamine groups is 2. The second-order valence-electron chi connectivity index (χ2n) is 6.96. The number of halogens is 3. The van der Waals surface area contributed by atoms with Gasteiger partial charge in [-0.05, 0) is 42.2 Å². The van der Waals surface area contributed by atoms with Crippen molar-refractivity contribution in [3.8, 4) is 0 Å². The summed E-state index contributed by atoms with van der Waals surface area (Å²) in [5, 5.41) is 0.343. The third kappa shape index (κ3) is 4.66. The highest BCUT2D eigenvalue weighted by Gasteiger charge is 2.51. The van der Waals surface area contributed by atoms with Gasteiger partial charge in [0, 0.05) is 23.1 Å². The highest BCUT2D eigenvalue weighted by atomic mass is 32.2. The molecule has 1 aliphatic rings. The highest BCUT2D eigenvalue weighted by Crippen LogP contribution is 2.37. The summed E-state index contributed by atoms with van der Waals surface area (Å²) in [6, 6.07) is 7.26. The van der Waals surface area contributed by atoms with Crippen LogP contribution in [0.5, 0.6) is 0 Å². The summed E-state index contributed by atoms with van der Waals surface area (Å²) in [4.78, 5) is 37.6. The van der Waals surface area contributed by atoms with E-state index in [4.69, 9.17) is 0 Å². The molecule has 0 bridgehead atoms. The molecular weight excluding hydrogens is 471 g/mol. The Bertz CT molecular complexity index is 1170. The monoisotopic (exact) mass is 489 g/mol. The van der Waals surface area contributed by atoms with E-state index in [0.717, 1.165) is 6.42 Å². The van der Waals surface area contributed by atoms with Crippen molar-refractivity contribution in [2.45, 2.75) is 43.0 Å². The molecule has 0 radical (unpaired) electrons. The zero-order valence-corrected chi connectivity index (χ0v) is 18.4. The molecule has 0 saturated heterocycles. The van der Waals surface area contributed by atoms with E-state index in [2.05, 4.69) is 4.28 Å². The van der Waals surface area contributed by atoms with Gasteiger partial charge in [0.1, 0.15) is 5.78 Å². The SMILES string of the molecule is CCCC(=O)CCCSc1ccc2c3c(cccc13)C(=O)N(OS(=O)(=O)C(F)(F)F)C2=O. The highest BCUT2D eigenvalue weighted by molar-refractivity contribution is 7.99. The number of ketones is 1. The molecule has 2 aromatic rings. The van der Waals surface area contributed by atoms with Crippen molar-refractivity contribution in [1.82, 2.24) is 5.06 Å². The molecule has 0 spiro atoms. The smallest absolute Gasteiger partial charge is 0.300 e. The summed E-state index contributed by atoms with van der Waals surface area (Å²) in [7, 11) is -6.22. The number of carbonyl (C=O) groups is 3. The quantitative estimate of drug-likeness (QED) is 0.222. The van der Waals surface area contributed by atoms with Crippen molar-refractivity contribution < 1.29 is 40.3 Å². The van der Waals surface area contributed by atoms with Crippen LogP contribution in [0.2, 0.25) is 0 Å². The van der Waals surface area contributed by atoms with Crippen molar-refractivity contribution >= 4 is 50.3 Å². The number of hydrogen-bond donors (Lipinski definition) is 0. The van der Waals surface area contributed by atoms with Gasteiger partial charge in [0.15, 0.2) is 0 Å². The maximum absolute atomic E-state index is 12.7. The first kappa shape index (κ1) is 24.2. The fourth-order valence-electron chi connectivity index (χ4n) is 3.24. The molecule has 1 aliphatic heterocycles. The Hall–Kier alpha value is -2.44. The molecule has 32 heavy (non-hydrogen) atoms. The van der Waals surface area contributed by atoms with Gasteiger partial charge in [-0.1, -0.05) is 19.1 Å². The molecule has 12 heteroatoms. The van der Waals surface area contributed by atoms with E-state index in [9.17, 15) is 36.0 Å². The van der Waals surface area contributed by atoms with Crippen LogP contribution in [0.15, 0.2) is 35.2 Å². The van der Waals surface area contributed by atoms with Gasteiger partial charge >= 0.3 is 15.6 Å². The summed E-state index contributed by atoms with van der Waals surface area (Å²) in [5.74, 6) is -1.84. The van der Waals surface area contributed by atoms with Gasteiger partial charge in [0.2, 0.25) is 0 Å². The van der Waals surface area contributed by atoms with Gasteiger partial charge in [0.25, 0.3) is 11.8 Å². The van der Waals surface area contributed by atoms with E-state index in [1.54, 1.807) is 12.1 Å². The van der Waals surface area contributed by atoms with E-state index in [-0.39, 0.29) is 27.4 Å². The van der Waals surface area contributed by atoms with Gasteiger partial charge in [-0.2, -0.15) is 21.6 Å². The molecule has 3 rings (SSSR count). The molecule has 7 nitrogen and oxygen atoms in total. The first-order valence-corrected chi connectivity index (χ1v) is 12.0. The molecule has 0 aromatic heterocycles. The molecule has 0 atom stereocenters. The number of alkyl halides is 3. The summed E-state index contributed by atoms with van der Waals surface area (Å²) in [6.45, 7) is 1.93. The van der Waals surface area contributed by atoms with Gasteiger partial charge < -0.3 is 0 Å². The number of carbonyl (C=O) groups excluding carboxylic acids is 3. The summed E-state index contributed by atoms with van der Waals surface area (Å²) in [6.07, 6.45) is 2.40. The third-order valence-corrected chi connectivity index (χ3v) is 6.74. The summed E-state index contributed by atoms with van der Waals surface area (Å²) < 4.78 is 64.5. The zero-order chi connectivity index (χ0) is 23.7. The lowest BCUT2D eigenvalue weighted by Crippen LogP contribution is -2.44. The lowest BCUT2D eigenvalue weighted by atomic mass is 9.95. The standard InChI is InChI=1S/C20H18F3NO6S2/c1-2-5-12(25)6-4-11-31-16-10-9-15-17-13(16)7-3-8-14(17)18(26)24(19(15)27)30-32(28,29)20(21,22)23/h3,7-10H,2,4-6,11H2,1H3. The van der Waals surface area contributed by atoms with Crippen molar-refractivity contribution in [3.05, 3.63) is 41.5 Å². The Morgan fingerprint density at radius 1 is 1.06 bits per heavy atom.